The molecule has 0 unspecified atom stereocenters. The minimum Gasteiger partial charge on any atom is -0.310 e. The number of halogens is 4. The molecule has 0 aromatic rings. The summed E-state index contributed by atoms with van der Waals surface area (Å²) in [4.78, 5) is -2.97. The molecule has 0 saturated carbocycles. The summed E-state index contributed by atoms with van der Waals surface area (Å²) in [5.41, 5.74) is 0. The molecule has 0 aromatic carbocycles. The first-order valence-electron chi connectivity index (χ1n) is 1.51. The number of rotatable bonds is 1. The number of hydrogen-bond donors (Lipinski definition) is 0. The molecule has 8 heavy (non-hydrogen) atoms. The Hall–Kier alpha value is 1.92. The van der Waals surface area contributed by atoms with Gasteiger partial charge in [0.05, 0.1) is 0 Å². The van der Waals surface area contributed by atoms with Crippen LogP contribution in [0, 0.1) is 4.83 Å². The van der Waals surface area contributed by atoms with Gasteiger partial charge in [-0.1, -0.05) is 0 Å². The van der Waals surface area contributed by atoms with E-state index < -0.39 is 4.83 Å². The predicted octanol–water partition coefficient (Wildman–Crippen LogP) is 2.92. The van der Waals surface area contributed by atoms with Crippen molar-refractivity contribution in [2.45, 2.75) is 11.8 Å². The third-order valence-electron chi connectivity index (χ3n) is 0.391. The van der Waals surface area contributed by atoms with Gasteiger partial charge < -0.3 is 15.9 Å². The van der Waals surface area contributed by atoms with Crippen molar-refractivity contribution in [3.63, 3.8) is 0 Å². The summed E-state index contributed by atoms with van der Waals surface area (Å²) in [5.74, 6) is 0. The topological polar surface area (TPSA) is 0 Å². The average molecular weight is 326 g/mol. The maximum atomic E-state index is 11.7. The van der Waals surface area contributed by atoms with Crippen molar-refractivity contribution in [2.24, 2.45) is 0 Å². The molecule has 0 atom stereocenters. The minimum atomic E-state index is -2.85. The minimum absolute atomic E-state index is 0. The second-order valence-electron chi connectivity index (χ2n) is 1.03. The molecule has 0 amide bonds. The summed E-state index contributed by atoms with van der Waals surface area (Å²) in [6, 6.07) is 0. The molecule has 1 radical (unpaired) electrons. The van der Waals surface area contributed by atoms with E-state index in [2.05, 4.69) is 31.9 Å². The maximum absolute atomic E-state index is 11.7. The third kappa shape index (κ3) is 6.05. The summed E-state index contributed by atoms with van der Waals surface area (Å²) in [6.07, 6.45) is 0. The Morgan fingerprint density at radius 3 is 1.62 bits per heavy atom. The Bertz CT molecular complexity index is 60.8. The van der Waals surface area contributed by atoms with E-state index in [1.54, 1.807) is 0 Å². The van der Waals surface area contributed by atoms with Crippen LogP contribution in [0.1, 0.15) is 6.92 Å². The Balaban J connectivity index is 0. The van der Waals surface area contributed by atoms with Crippen molar-refractivity contribution in [1.82, 2.24) is 0 Å². The second-order valence-corrected chi connectivity index (χ2v) is 3.22. The predicted molar refractivity (Wildman–Crippen MR) is 31.7 cm³/mol. The van der Waals surface area contributed by atoms with E-state index in [9.17, 15) is 8.78 Å². The molecule has 0 aliphatic heterocycles. The van der Waals surface area contributed by atoms with E-state index in [-0.39, 0.29) is 37.5 Å². The van der Waals surface area contributed by atoms with Gasteiger partial charge in [-0.2, -0.15) is 11.8 Å². The van der Waals surface area contributed by atoms with Crippen LogP contribution in [0.3, 0.4) is 0 Å². The van der Waals surface area contributed by atoms with Crippen LogP contribution in [0.5, 0.6) is 0 Å². The van der Waals surface area contributed by atoms with Crippen molar-refractivity contribution >= 4 is 31.9 Å². The molecule has 0 rings (SSSR count). The van der Waals surface area contributed by atoms with Gasteiger partial charge in [0.2, 0.25) is 0 Å². The summed E-state index contributed by atoms with van der Waals surface area (Å²) < 4.78 is 23.4. The van der Waals surface area contributed by atoms with Crippen molar-refractivity contribution in [3.8, 4) is 0 Å². The summed E-state index contributed by atoms with van der Waals surface area (Å²) in [6.45, 7) is 1.29. The van der Waals surface area contributed by atoms with E-state index in [0.717, 1.165) is 0 Å². The molecule has 0 nitrogen and oxygen atoms in total. The standard InChI is InChI=1S/C3H3Br2F2.Y/c1-2(4)3(5,6)7;/h1H3;/q-1;. The Kier molecular flexibility index (Phi) is 7.39. The number of alkyl halides is 3. The molecule has 0 bridgehead atoms. The van der Waals surface area contributed by atoms with Crippen LogP contribution in [-0.2, 0) is 32.7 Å². The zero-order chi connectivity index (χ0) is 6.08. The zero-order valence-corrected chi connectivity index (χ0v) is 10.1. The molecule has 5 heteroatoms. The zero-order valence-electron chi connectivity index (χ0n) is 4.09. The fourth-order valence-electron chi connectivity index (χ4n) is 0. The van der Waals surface area contributed by atoms with Crippen LogP contribution in [0.2, 0.25) is 0 Å². The van der Waals surface area contributed by atoms with E-state index in [4.69, 9.17) is 0 Å². The summed E-state index contributed by atoms with van der Waals surface area (Å²) in [7, 11) is 0. The molecule has 0 aliphatic carbocycles. The van der Waals surface area contributed by atoms with Gasteiger partial charge in [-0.05, 0) is 15.9 Å². The fourth-order valence-corrected chi connectivity index (χ4v) is 0. The molecule has 0 fully saturated rings. The largest absolute Gasteiger partial charge is 0.310 e. The number of hydrogen-bond acceptors (Lipinski definition) is 0. The van der Waals surface area contributed by atoms with Gasteiger partial charge in [0.25, 0.3) is 0 Å². The first-order valence-corrected chi connectivity index (χ1v) is 3.09. The quantitative estimate of drug-likeness (QED) is 0.514. The Morgan fingerprint density at radius 1 is 1.50 bits per heavy atom. The second kappa shape index (κ2) is 4.70. The van der Waals surface area contributed by atoms with Gasteiger partial charge >= 0.3 is 0 Å². The van der Waals surface area contributed by atoms with Gasteiger partial charge in [-0.3, -0.25) is 0 Å². The van der Waals surface area contributed by atoms with E-state index in [0.29, 0.717) is 0 Å². The third-order valence-corrected chi connectivity index (χ3v) is 2.02. The van der Waals surface area contributed by atoms with Gasteiger partial charge in [0.15, 0.2) is 4.83 Å². The van der Waals surface area contributed by atoms with Crippen molar-refractivity contribution in [2.75, 3.05) is 0 Å². The molecule has 0 aliphatic rings. The first kappa shape index (κ1) is 12.6. The van der Waals surface area contributed by atoms with Crippen molar-refractivity contribution < 1.29 is 41.5 Å². The molecule has 0 saturated heterocycles. The Morgan fingerprint density at radius 2 is 1.62 bits per heavy atom. The van der Waals surface area contributed by atoms with Gasteiger partial charge in [0.1, 0.15) is 0 Å². The van der Waals surface area contributed by atoms with Crippen LogP contribution < -0.4 is 0 Å². The molecule has 47 valence electrons. The molecule has 0 spiro atoms. The molecule has 0 N–H and O–H groups in total. The smallest absolute Gasteiger partial charge is 0.198 e. The van der Waals surface area contributed by atoms with Gasteiger partial charge in [-0.15, -0.1) is 0 Å². The van der Waals surface area contributed by atoms with Gasteiger partial charge in [-0.25, -0.2) is 8.78 Å². The SMILES string of the molecule is C[C-](Br)C(F)(F)Br.[Y]. The Labute approximate surface area is 88.9 Å². The van der Waals surface area contributed by atoms with Gasteiger partial charge in [0, 0.05) is 32.7 Å². The maximum Gasteiger partial charge on any atom is 0.198 e. The molecular weight excluding hydrogens is 323 g/mol. The fraction of sp³-hybridized carbons (Fsp3) is 0.667. The molecule has 0 aromatic heterocycles. The van der Waals surface area contributed by atoms with E-state index in [1.165, 1.54) is 6.92 Å². The summed E-state index contributed by atoms with van der Waals surface area (Å²) in [5, 5.41) is 0. The van der Waals surface area contributed by atoms with Crippen LogP contribution in [0.25, 0.3) is 0 Å². The molecular formula is C3H3Br2F2Y-. The van der Waals surface area contributed by atoms with Crippen LogP contribution in [-0.4, -0.2) is 4.83 Å². The molecule has 0 heterocycles. The van der Waals surface area contributed by atoms with E-state index in [1.807, 2.05) is 0 Å². The summed E-state index contributed by atoms with van der Waals surface area (Å²) >= 11 is 4.74. The average Bonchev–Trinajstić information content (AvgIpc) is 1.31. The van der Waals surface area contributed by atoms with Crippen molar-refractivity contribution in [3.05, 3.63) is 4.83 Å². The monoisotopic (exact) mass is 324 g/mol. The van der Waals surface area contributed by atoms with Crippen molar-refractivity contribution in [1.29, 1.82) is 0 Å². The van der Waals surface area contributed by atoms with Crippen LogP contribution >= 0.6 is 31.9 Å². The first-order chi connectivity index (χ1) is 2.94. The van der Waals surface area contributed by atoms with Crippen LogP contribution in [0.4, 0.5) is 8.78 Å². The van der Waals surface area contributed by atoms with Crippen LogP contribution in [0.15, 0.2) is 0 Å². The van der Waals surface area contributed by atoms with E-state index >= 15 is 0 Å². The normalized spacial score (nSPS) is 11.2.